The number of amides is 2. The topological polar surface area (TPSA) is 75.0 Å². The van der Waals surface area contributed by atoms with E-state index in [1.807, 2.05) is 59.5 Å². The van der Waals surface area contributed by atoms with E-state index in [0.717, 1.165) is 62.5 Å². The summed E-state index contributed by atoms with van der Waals surface area (Å²) in [4.78, 5) is 33.3. The molecule has 7 nitrogen and oxygen atoms in total. The molecule has 2 aliphatic carbocycles. The summed E-state index contributed by atoms with van der Waals surface area (Å²) in [5.74, 6) is 1.28. The second kappa shape index (κ2) is 12.9. The number of hydrogen-bond donors (Lipinski definition) is 1. The van der Waals surface area contributed by atoms with Gasteiger partial charge in [-0.3, -0.25) is 9.59 Å². The molecule has 232 valence electrons. The van der Waals surface area contributed by atoms with Crippen molar-refractivity contribution < 1.29 is 18.7 Å². The summed E-state index contributed by atoms with van der Waals surface area (Å²) in [7, 11) is 0. The predicted octanol–water partition coefficient (Wildman–Crippen LogP) is 6.28. The van der Waals surface area contributed by atoms with Crippen molar-refractivity contribution in [2.24, 2.45) is 11.8 Å². The van der Waals surface area contributed by atoms with Gasteiger partial charge in [0.05, 0.1) is 32.4 Å². The molecule has 3 aliphatic rings. The van der Waals surface area contributed by atoms with E-state index in [-0.39, 0.29) is 24.8 Å². The molecule has 4 aromatic rings. The Bertz CT molecular complexity index is 1600. The number of hydrogen-bond acceptors (Lipinski definition) is 5. The van der Waals surface area contributed by atoms with Crippen LogP contribution in [0.5, 0.6) is 0 Å². The molecule has 1 aliphatic heterocycles. The van der Waals surface area contributed by atoms with Crippen molar-refractivity contribution in [1.29, 1.82) is 0 Å². The zero-order valence-electron chi connectivity index (χ0n) is 25.7. The fraction of sp³-hybridized carbons (Fsp3) is 0.368. The van der Waals surface area contributed by atoms with E-state index in [0.29, 0.717) is 30.4 Å². The Balaban J connectivity index is 1.22. The maximum atomic E-state index is 14.8. The Labute approximate surface area is 265 Å². The van der Waals surface area contributed by atoms with Gasteiger partial charge >= 0.3 is 0 Å². The molecular formula is C38H41N3O4. The molecule has 1 saturated heterocycles. The van der Waals surface area contributed by atoms with Crippen LogP contribution < -0.4 is 10.2 Å². The zero-order chi connectivity index (χ0) is 30.6. The van der Waals surface area contributed by atoms with Gasteiger partial charge in [0.15, 0.2) is 0 Å². The molecule has 0 radical (unpaired) electrons. The van der Waals surface area contributed by atoms with Gasteiger partial charge in [-0.15, -0.1) is 0 Å². The molecule has 1 N–H and O–H groups in total. The molecular weight excluding hydrogens is 562 g/mol. The molecule has 45 heavy (non-hydrogen) atoms. The zero-order valence-corrected chi connectivity index (χ0v) is 25.7. The Morgan fingerprint density at radius 3 is 2.27 bits per heavy atom. The monoisotopic (exact) mass is 603 g/mol. The van der Waals surface area contributed by atoms with Crippen LogP contribution in [0.4, 0.5) is 11.4 Å². The van der Waals surface area contributed by atoms with Gasteiger partial charge in [0, 0.05) is 24.5 Å². The lowest BCUT2D eigenvalue weighted by Crippen LogP contribution is -2.62. The van der Waals surface area contributed by atoms with Crippen LogP contribution in [0, 0.1) is 11.8 Å². The maximum Gasteiger partial charge on any atom is 0.250 e. The van der Waals surface area contributed by atoms with E-state index >= 15 is 0 Å². The van der Waals surface area contributed by atoms with Crippen LogP contribution in [0.1, 0.15) is 41.7 Å². The summed E-state index contributed by atoms with van der Waals surface area (Å²) in [5, 5.41) is 3.27. The first-order valence-corrected chi connectivity index (χ1v) is 16.3. The van der Waals surface area contributed by atoms with Crippen molar-refractivity contribution in [3.05, 3.63) is 120 Å². The van der Waals surface area contributed by atoms with Crippen LogP contribution >= 0.6 is 0 Å². The second-order valence-electron chi connectivity index (χ2n) is 12.8. The fourth-order valence-electron chi connectivity index (χ4n) is 7.69. The molecule has 2 heterocycles. The molecule has 7 rings (SSSR count). The number of nitrogens with one attached hydrogen (secondary N) is 1. The first-order valence-electron chi connectivity index (χ1n) is 16.3. The molecule has 3 aromatic carbocycles. The normalized spacial score (nSPS) is 22.6. The van der Waals surface area contributed by atoms with Gasteiger partial charge in [0.1, 0.15) is 11.3 Å². The predicted molar refractivity (Wildman–Crippen MR) is 175 cm³/mol. The summed E-state index contributed by atoms with van der Waals surface area (Å²) in [6.07, 6.45) is 5.91. The van der Waals surface area contributed by atoms with Gasteiger partial charge in [0.2, 0.25) is 11.8 Å². The summed E-state index contributed by atoms with van der Waals surface area (Å²) < 4.78 is 11.3. The number of carbonyl (C=O) groups excluding carboxylic acids is 2. The van der Waals surface area contributed by atoms with Gasteiger partial charge in [-0.25, -0.2) is 0 Å². The van der Waals surface area contributed by atoms with Crippen molar-refractivity contribution in [1.82, 2.24) is 4.90 Å². The van der Waals surface area contributed by atoms with E-state index in [9.17, 15) is 9.59 Å². The quantitative estimate of drug-likeness (QED) is 0.257. The van der Waals surface area contributed by atoms with Crippen molar-refractivity contribution in [3.8, 4) is 0 Å². The third-order valence-corrected chi connectivity index (χ3v) is 10.1. The van der Waals surface area contributed by atoms with E-state index in [2.05, 4.69) is 46.6 Å². The highest BCUT2D eigenvalue weighted by atomic mass is 16.5. The molecule has 0 unspecified atom stereocenters. The minimum atomic E-state index is -1.02. The third kappa shape index (κ3) is 6.27. The average molecular weight is 604 g/mol. The fourth-order valence-corrected chi connectivity index (χ4v) is 7.69. The van der Waals surface area contributed by atoms with Gasteiger partial charge in [-0.2, -0.15) is 0 Å². The summed E-state index contributed by atoms with van der Waals surface area (Å²) in [6, 6.07) is 30.3. The Kier molecular flexibility index (Phi) is 8.44. The van der Waals surface area contributed by atoms with Crippen molar-refractivity contribution in [2.75, 3.05) is 36.5 Å². The molecule has 0 bridgehead atoms. The Hall–Kier alpha value is -4.36. The van der Waals surface area contributed by atoms with Gasteiger partial charge in [-0.1, -0.05) is 54.6 Å². The van der Waals surface area contributed by atoms with E-state index in [1.54, 1.807) is 6.26 Å². The van der Waals surface area contributed by atoms with Crippen LogP contribution in [0.3, 0.4) is 0 Å². The number of nitrogens with zero attached hydrogens (tertiary/aromatic N) is 2. The van der Waals surface area contributed by atoms with E-state index in [1.165, 1.54) is 11.1 Å². The van der Waals surface area contributed by atoms with Crippen LogP contribution in [-0.4, -0.2) is 48.6 Å². The third-order valence-electron chi connectivity index (χ3n) is 10.1. The lowest BCUT2D eigenvalue weighted by Gasteiger charge is -2.50. The number of morpholine rings is 1. The van der Waals surface area contributed by atoms with Crippen LogP contribution in [0.25, 0.3) is 0 Å². The number of anilines is 2. The van der Waals surface area contributed by atoms with Crippen LogP contribution in [0.15, 0.2) is 102 Å². The Morgan fingerprint density at radius 2 is 1.56 bits per heavy atom. The summed E-state index contributed by atoms with van der Waals surface area (Å²) in [5.41, 5.74) is 4.55. The Morgan fingerprint density at radius 1 is 0.844 bits per heavy atom. The number of carbonyl (C=O) groups is 2. The van der Waals surface area contributed by atoms with Crippen LogP contribution in [-0.2, 0) is 40.1 Å². The second-order valence-corrected chi connectivity index (χ2v) is 12.8. The molecule has 1 saturated carbocycles. The lowest BCUT2D eigenvalue weighted by atomic mass is 9.62. The molecule has 0 spiro atoms. The highest BCUT2D eigenvalue weighted by Crippen LogP contribution is 2.47. The number of ether oxygens (including phenoxy) is 1. The summed E-state index contributed by atoms with van der Waals surface area (Å²) in [6.45, 7) is 3.39. The van der Waals surface area contributed by atoms with Gasteiger partial charge in [-0.05, 0) is 97.0 Å². The molecule has 3 atom stereocenters. The largest absolute Gasteiger partial charge is 0.467 e. The molecule has 1 aromatic heterocycles. The minimum Gasteiger partial charge on any atom is -0.467 e. The molecule has 2 fully saturated rings. The van der Waals surface area contributed by atoms with Crippen molar-refractivity contribution in [3.63, 3.8) is 0 Å². The van der Waals surface area contributed by atoms with Crippen molar-refractivity contribution >= 4 is 23.2 Å². The van der Waals surface area contributed by atoms with E-state index in [4.69, 9.17) is 9.15 Å². The van der Waals surface area contributed by atoms with Crippen LogP contribution in [0.2, 0.25) is 0 Å². The lowest BCUT2D eigenvalue weighted by molar-refractivity contribution is -0.151. The first-order chi connectivity index (χ1) is 22.1. The molecule has 2 amide bonds. The minimum absolute atomic E-state index is 0.0647. The molecule has 7 heteroatoms. The smallest absolute Gasteiger partial charge is 0.250 e. The van der Waals surface area contributed by atoms with Gasteiger partial charge in [0.25, 0.3) is 0 Å². The van der Waals surface area contributed by atoms with Crippen molar-refractivity contribution in [2.45, 2.75) is 50.6 Å². The standard InChI is InChI=1S/C38H41N3O4/c42-36(23-28-7-2-1-3-8-28)41(27-35-11-6-20-45-35)38(17-16-31-24-29-9-4-5-10-30(29)25-32(31)26-38)37(43)39-33-12-14-34(15-13-33)40-18-21-44-22-19-40/h1-15,20,31-32H,16-19,21-27H2,(H,39,43)/t31-,32-,38-/m1/s1. The highest BCUT2D eigenvalue weighted by Gasteiger charge is 2.52. The van der Waals surface area contributed by atoms with E-state index < -0.39 is 5.54 Å². The summed E-state index contributed by atoms with van der Waals surface area (Å²) >= 11 is 0. The average Bonchev–Trinajstić information content (AvgIpc) is 3.61. The number of fused-ring (bicyclic) bond motifs is 2. The number of furan rings is 1. The SMILES string of the molecule is O=C(Cc1ccccc1)N(Cc1ccco1)[C@]1(C(=O)Nc2ccc(N3CCOCC3)cc2)CC[C@@H]2Cc3ccccc3C[C@@H]2C1. The highest BCUT2D eigenvalue weighted by molar-refractivity contribution is 6.01. The first kappa shape index (κ1) is 29.4. The maximum absolute atomic E-state index is 14.8. The number of rotatable bonds is 8. The number of benzene rings is 3. The van der Waals surface area contributed by atoms with Gasteiger partial charge < -0.3 is 24.3 Å².